The van der Waals surface area contributed by atoms with Gasteiger partial charge in [-0.1, -0.05) is 35.6 Å². The minimum absolute atomic E-state index is 0.455. The van der Waals surface area contributed by atoms with E-state index in [0.29, 0.717) is 45.3 Å². The SMILES string of the molecule is Cc1ccccc1-c1cnc(NCC2CCN(S(=O)(=O)N3CCOCC3)CC2)s1. The molecule has 2 aliphatic heterocycles. The molecular formula is C20H28N4O3S2. The summed E-state index contributed by atoms with van der Waals surface area (Å²) in [6.07, 6.45) is 3.66. The van der Waals surface area contributed by atoms with Gasteiger partial charge in [0, 0.05) is 38.9 Å². The number of hydrogen-bond acceptors (Lipinski definition) is 6. The van der Waals surface area contributed by atoms with E-state index < -0.39 is 10.2 Å². The molecule has 0 unspecified atom stereocenters. The first-order chi connectivity index (χ1) is 14.0. The van der Waals surface area contributed by atoms with Crippen molar-refractivity contribution in [3.05, 3.63) is 36.0 Å². The van der Waals surface area contributed by atoms with Gasteiger partial charge >= 0.3 is 0 Å². The number of hydrogen-bond donors (Lipinski definition) is 1. The van der Waals surface area contributed by atoms with Crippen LogP contribution in [0.15, 0.2) is 30.5 Å². The Labute approximate surface area is 176 Å². The molecular weight excluding hydrogens is 408 g/mol. The lowest BCUT2D eigenvalue weighted by Crippen LogP contribution is -2.51. The monoisotopic (exact) mass is 436 g/mol. The van der Waals surface area contributed by atoms with Gasteiger partial charge in [-0.05, 0) is 36.8 Å². The summed E-state index contributed by atoms with van der Waals surface area (Å²) in [5, 5.41) is 4.38. The summed E-state index contributed by atoms with van der Waals surface area (Å²) in [6, 6.07) is 8.33. The number of piperidine rings is 1. The Kier molecular flexibility index (Phi) is 6.50. The molecule has 1 N–H and O–H groups in total. The largest absolute Gasteiger partial charge is 0.379 e. The number of rotatable bonds is 6. The van der Waals surface area contributed by atoms with Crippen molar-refractivity contribution in [1.29, 1.82) is 0 Å². The number of morpholine rings is 1. The lowest BCUT2D eigenvalue weighted by Gasteiger charge is -2.36. The van der Waals surface area contributed by atoms with Gasteiger partial charge in [0.25, 0.3) is 10.2 Å². The Bertz CT molecular complexity index is 917. The third-order valence-electron chi connectivity index (χ3n) is 5.65. The Hall–Kier alpha value is -1.52. The van der Waals surface area contributed by atoms with Crippen molar-refractivity contribution < 1.29 is 13.2 Å². The second-order valence-electron chi connectivity index (χ2n) is 7.59. The minimum Gasteiger partial charge on any atom is -0.379 e. The quantitative estimate of drug-likeness (QED) is 0.754. The topological polar surface area (TPSA) is 74.8 Å². The summed E-state index contributed by atoms with van der Waals surface area (Å²) in [5.41, 5.74) is 2.47. The van der Waals surface area contributed by atoms with Crippen LogP contribution in [0.4, 0.5) is 5.13 Å². The minimum atomic E-state index is -3.35. The van der Waals surface area contributed by atoms with E-state index in [1.807, 2.05) is 18.3 Å². The maximum absolute atomic E-state index is 12.8. The van der Waals surface area contributed by atoms with Gasteiger partial charge in [-0.25, -0.2) is 4.98 Å². The first kappa shape index (κ1) is 20.7. The van der Waals surface area contributed by atoms with Crippen LogP contribution in [0.25, 0.3) is 10.4 Å². The molecule has 0 saturated carbocycles. The van der Waals surface area contributed by atoms with Crippen LogP contribution in [0, 0.1) is 12.8 Å². The Morgan fingerprint density at radius 2 is 1.83 bits per heavy atom. The van der Waals surface area contributed by atoms with Crippen LogP contribution < -0.4 is 5.32 Å². The lowest BCUT2D eigenvalue weighted by atomic mass is 9.98. The highest BCUT2D eigenvalue weighted by Crippen LogP contribution is 2.31. The maximum Gasteiger partial charge on any atom is 0.282 e. The average Bonchev–Trinajstić information content (AvgIpc) is 3.22. The first-order valence-corrected chi connectivity index (χ1v) is 12.3. The van der Waals surface area contributed by atoms with Gasteiger partial charge in [-0.3, -0.25) is 0 Å². The first-order valence-electron chi connectivity index (χ1n) is 10.1. The Morgan fingerprint density at radius 1 is 1.14 bits per heavy atom. The molecule has 4 rings (SSSR count). The van der Waals surface area contributed by atoms with Crippen LogP contribution >= 0.6 is 11.3 Å². The highest BCUT2D eigenvalue weighted by atomic mass is 32.2. The summed E-state index contributed by atoms with van der Waals surface area (Å²) in [5.74, 6) is 0.456. The van der Waals surface area contributed by atoms with Crippen molar-refractivity contribution in [3.8, 4) is 10.4 Å². The molecule has 0 atom stereocenters. The summed E-state index contributed by atoms with van der Waals surface area (Å²) >= 11 is 1.67. The van der Waals surface area contributed by atoms with Crippen molar-refractivity contribution in [2.75, 3.05) is 51.3 Å². The van der Waals surface area contributed by atoms with Crippen molar-refractivity contribution in [3.63, 3.8) is 0 Å². The predicted octanol–water partition coefficient (Wildman–Crippen LogP) is 2.82. The molecule has 0 spiro atoms. The average molecular weight is 437 g/mol. The molecule has 3 heterocycles. The normalized spacial score (nSPS) is 20.0. The highest BCUT2D eigenvalue weighted by Gasteiger charge is 2.33. The van der Waals surface area contributed by atoms with Crippen molar-refractivity contribution in [2.45, 2.75) is 19.8 Å². The fraction of sp³-hybridized carbons (Fsp3) is 0.550. The number of aryl methyl sites for hydroxylation is 1. The van der Waals surface area contributed by atoms with Crippen molar-refractivity contribution in [2.24, 2.45) is 5.92 Å². The summed E-state index contributed by atoms with van der Waals surface area (Å²) in [4.78, 5) is 5.68. The summed E-state index contributed by atoms with van der Waals surface area (Å²) in [6.45, 7) is 5.98. The second-order valence-corrected chi connectivity index (χ2v) is 10.5. The molecule has 9 heteroatoms. The smallest absolute Gasteiger partial charge is 0.282 e. The van der Waals surface area contributed by atoms with Crippen LogP contribution in [0.3, 0.4) is 0 Å². The molecule has 0 bridgehead atoms. The third-order valence-corrected chi connectivity index (χ3v) is 8.68. The summed E-state index contributed by atoms with van der Waals surface area (Å²) in [7, 11) is -3.35. The second kappa shape index (κ2) is 9.09. The van der Waals surface area contributed by atoms with Gasteiger partial charge in [0.1, 0.15) is 0 Å². The number of ether oxygens (including phenoxy) is 1. The summed E-state index contributed by atoms with van der Waals surface area (Å²) < 4.78 is 34.0. The maximum atomic E-state index is 12.8. The molecule has 1 aromatic heterocycles. The number of thiazole rings is 1. The zero-order chi connectivity index (χ0) is 20.3. The number of nitrogens with one attached hydrogen (secondary N) is 1. The van der Waals surface area contributed by atoms with Crippen molar-refractivity contribution >= 4 is 26.7 Å². The van der Waals surface area contributed by atoms with E-state index in [1.165, 1.54) is 11.1 Å². The van der Waals surface area contributed by atoms with E-state index in [-0.39, 0.29) is 0 Å². The molecule has 2 saturated heterocycles. The third kappa shape index (κ3) is 4.80. The van der Waals surface area contributed by atoms with E-state index >= 15 is 0 Å². The standard InChI is InChI=1S/C20H28N4O3S2/c1-16-4-2-3-5-18(16)19-15-22-20(28-19)21-14-17-6-8-23(9-7-17)29(25,26)24-10-12-27-13-11-24/h2-5,15,17H,6-14H2,1H3,(H,21,22). The highest BCUT2D eigenvalue weighted by molar-refractivity contribution is 7.86. The van der Waals surface area contributed by atoms with Crippen LogP contribution in [0.1, 0.15) is 18.4 Å². The van der Waals surface area contributed by atoms with Gasteiger partial charge in [0.15, 0.2) is 5.13 Å². The molecule has 158 valence electrons. The number of anilines is 1. The fourth-order valence-electron chi connectivity index (χ4n) is 3.85. The van der Waals surface area contributed by atoms with Gasteiger partial charge in [-0.15, -0.1) is 0 Å². The molecule has 2 aromatic rings. The number of benzene rings is 1. The van der Waals surface area contributed by atoms with Gasteiger partial charge in [0.2, 0.25) is 0 Å². The molecule has 29 heavy (non-hydrogen) atoms. The van der Waals surface area contributed by atoms with E-state index in [0.717, 1.165) is 29.4 Å². The van der Waals surface area contributed by atoms with E-state index in [1.54, 1.807) is 19.9 Å². The number of aromatic nitrogens is 1. The van der Waals surface area contributed by atoms with Crippen LogP contribution in [0.2, 0.25) is 0 Å². The molecule has 0 aliphatic carbocycles. The zero-order valence-corrected chi connectivity index (χ0v) is 18.3. The molecule has 2 fully saturated rings. The number of nitrogens with zero attached hydrogens (tertiary/aromatic N) is 3. The molecule has 7 nitrogen and oxygen atoms in total. The van der Waals surface area contributed by atoms with E-state index in [9.17, 15) is 8.42 Å². The molecule has 0 radical (unpaired) electrons. The Morgan fingerprint density at radius 3 is 2.55 bits per heavy atom. The van der Waals surface area contributed by atoms with E-state index in [4.69, 9.17) is 4.74 Å². The van der Waals surface area contributed by atoms with Crippen molar-refractivity contribution in [1.82, 2.24) is 13.6 Å². The molecule has 2 aliphatic rings. The zero-order valence-electron chi connectivity index (χ0n) is 16.7. The van der Waals surface area contributed by atoms with E-state index in [2.05, 4.69) is 29.4 Å². The Balaban J connectivity index is 1.28. The van der Waals surface area contributed by atoms with Gasteiger partial charge in [0.05, 0.1) is 18.1 Å². The molecule has 1 aromatic carbocycles. The molecule has 0 amide bonds. The van der Waals surface area contributed by atoms with Crippen LogP contribution in [-0.2, 0) is 14.9 Å². The van der Waals surface area contributed by atoms with Gasteiger partial charge in [-0.2, -0.15) is 17.0 Å². The van der Waals surface area contributed by atoms with Crippen LogP contribution in [-0.4, -0.2) is 67.9 Å². The fourth-order valence-corrected chi connectivity index (χ4v) is 6.37. The lowest BCUT2D eigenvalue weighted by molar-refractivity contribution is 0.0693. The van der Waals surface area contributed by atoms with Gasteiger partial charge < -0.3 is 10.1 Å². The predicted molar refractivity (Wildman–Crippen MR) is 116 cm³/mol. The van der Waals surface area contributed by atoms with Crippen LogP contribution in [0.5, 0.6) is 0 Å².